The molecular weight excluding hydrogens is 299 g/mol. The topological polar surface area (TPSA) is 34.0 Å². The number of anilines is 1. The molecule has 18 heavy (non-hydrogen) atoms. The summed E-state index contributed by atoms with van der Waals surface area (Å²) >= 11 is 3.30. The highest BCUT2D eigenvalue weighted by Gasteiger charge is 2.00. The summed E-state index contributed by atoms with van der Waals surface area (Å²) in [6.45, 7) is 0.962. The summed E-state index contributed by atoms with van der Waals surface area (Å²) in [4.78, 5) is 11.5. The van der Waals surface area contributed by atoms with Crippen LogP contribution < -0.4 is 10.9 Å². The van der Waals surface area contributed by atoms with Crippen molar-refractivity contribution in [3.63, 3.8) is 0 Å². The van der Waals surface area contributed by atoms with Crippen molar-refractivity contribution >= 4 is 21.6 Å². The normalized spacial score (nSPS) is 10.3. The number of benzene rings is 1. The van der Waals surface area contributed by atoms with Crippen LogP contribution in [0, 0.1) is 5.82 Å². The highest BCUT2D eigenvalue weighted by atomic mass is 79.9. The molecule has 0 radical (unpaired) electrons. The number of hydrogen-bond acceptors (Lipinski definition) is 2. The third kappa shape index (κ3) is 3.20. The van der Waals surface area contributed by atoms with Gasteiger partial charge in [0.05, 0.1) is 5.69 Å². The van der Waals surface area contributed by atoms with Gasteiger partial charge in [0.25, 0.3) is 5.56 Å². The molecule has 2 rings (SSSR count). The first-order valence-corrected chi connectivity index (χ1v) is 6.30. The Hall–Kier alpha value is -1.62. The molecule has 1 heterocycles. The molecule has 5 heteroatoms. The van der Waals surface area contributed by atoms with E-state index in [-0.39, 0.29) is 11.4 Å². The lowest BCUT2D eigenvalue weighted by Gasteiger charge is -2.09. The molecule has 0 aliphatic carbocycles. The molecule has 0 bridgehead atoms. The van der Waals surface area contributed by atoms with Gasteiger partial charge >= 0.3 is 0 Å². The second-order valence-corrected chi connectivity index (χ2v) is 4.70. The van der Waals surface area contributed by atoms with Gasteiger partial charge in [0, 0.05) is 29.8 Å². The molecule has 0 amide bonds. The smallest absolute Gasteiger partial charge is 0.250 e. The Balaban J connectivity index is 1.99. The van der Waals surface area contributed by atoms with Crippen molar-refractivity contribution in [2.45, 2.75) is 6.54 Å². The van der Waals surface area contributed by atoms with Crippen LogP contribution in [-0.2, 0) is 6.54 Å². The SMILES string of the molecule is O=c1ccc(Br)cn1CCNc1ccccc1F. The van der Waals surface area contributed by atoms with Crippen molar-refractivity contribution in [1.82, 2.24) is 4.57 Å². The summed E-state index contributed by atoms with van der Waals surface area (Å²) in [5.74, 6) is -0.293. The molecule has 1 aromatic heterocycles. The van der Waals surface area contributed by atoms with Crippen molar-refractivity contribution in [2.24, 2.45) is 0 Å². The van der Waals surface area contributed by atoms with Gasteiger partial charge in [0.15, 0.2) is 0 Å². The van der Waals surface area contributed by atoms with Crippen LogP contribution in [-0.4, -0.2) is 11.1 Å². The first-order chi connectivity index (χ1) is 8.66. The minimum Gasteiger partial charge on any atom is -0.381 e. The molecule has 94 valence electrons. The minimum atomic E-state index is -0.293. The third-order valence-electron chi connectivity index (χ3n) is 2.49. The first kappa shape index (κ1) is 12.8. The molecule has 0 saturated heterocycles. The summed E-state index contributed by atoms with van der Waals surface area (Å²) < 4.78 is 15.7. The number of aromatic nitrogens is 1. The molecule has 0 saturated carbocycles. The minimum absolute atomic E-state index is 0.0754. The Morgan fingerprint density at radius 1 is 1.22 bits per heavy atom. The van der Waals surface area contributed by atoms with Crippen molar-refractivity contribution in [3.05, 3.63) is 63.2 Å². The molecule has 0 spiro atoms. The van der Waals surface area contributed by atoms with Crippen LogP contribution in [0.15, 0.2) is 51.9 Å². The van der Waals surface area contributed by atoms with Crippen molar-refractivity contribution in [3.8, 4) is 0 Å². The highest BCUT2D eigenvalue weighted by molar-refractivity contribution is 9.10. The molecular formula is C13H12BrFN2O. The van der Waals surface area contributed by atoms with Crippen LogP contribution in [0.3, 0.4) is 0 Å². The quantitative estimate of drug-likeness (QED) is 0.942. The second-order valence-electron chi connectivity index (χ2n) is 3.79. The molecule has 0 aliphatic heterocycles. The van der Waals surface area contributed by atoms with E-state index in [2.05, 4.69) is 21.2 Å². The largest absolute Gasteiger partial charge is 0.381 e. The van der Waals surface area contributed by atoms with E-state index in [1.54, 1.807) is 35.0 Å². The van der Waals surface area contributed by atoms with E-state index >= 15 is 0 Å². The zero-order valence-corrected chi connectivity index (χ0v) is 11.2. The van der Waals surface area contributed by atoms with Gasteiger partial charge in [-0.3, -0.25) is 4.79 Å². The highest BCUT2D eigenvalue weighted by Crippen LogP contribution is 2.11. The molecule has 0 aliphatic rings. The van der Waals surface area contributed by atoms with Gasteiger partial charge in [0.1, 0.15) is 5.82 Å². The van der Waals surface area contributed by atoms with Crippen molar-refractivity contribution in [2.75, 3.05) is 11.9 Å². The zero-order valence-electron chi connectivity index (χ0n) is 9.57. The maximum atomic E-state index is 13.3. The Labute approximate surface area is 112 Å². The Morgan fingerprint density at radius 2 is 2.00 bits per heavy atom. The second kappa shape index (κ2) is 5.82. The van der Waals surface area contributed by atoms with E-state index in [0.717, 1.165) is 4.47 Å². The number of nitrogens with zero attached hydrogens (tertiary/aromatic N) is 1. The number of para-hydroxylation sites is 1. The van der Waals surface area contributed by atoms with Gasteiger partial charge in [0.2, 0.25) is 0 Å². The predicted molar refractivity (Wildman–Crippen MR) is 73.3 cm³/mol. The van der Waals surface area contributed by atoms with E-state index in [4.69, 9.17) is 0 Å². The van der Waals surface area contributed by atoms with Crippen molar-refractivity contribution < 1.29 is 4.39 Å². The summed E-state index contributed by atoms with van der Waals surface area (Å²) in [7, 11) is 0. The lowest BCUT2D eigenvalue weighted by atomic mass is 10.3. The number of halogens is 2. The Kier molecular flexibility index (Phi) is 4.15. The van der Waals surface area contributed by atoms with Crippen LogP contribution in [0.4, 0.5) is 10.1 Å². The average Bonchev–Trinajstić information content (AvgIpc) is 2.36. The molecule has 3 nitrogen and oxygen atoms in total. The van der Waals surface area contributed by atoms with E-state index in [9.17, 15) is 9.18 Å². The summed E-state index contributed by atoms with van der Waals surface area (Å²) in [5.41, 5.74) is 0.370. The molecule has 0 unspecified atom stereocenters. The van der Waals surface area contributed by atoms with Crippen LogP contribution >= 0.6 is 15.9 Å². The number of nitrogens with one attached hydrogen (secondary N) is 1. The first-order valence-electron chi connectivity index (χ1n) is 5.51. The average molecular weight is 311 g/mol. The van der Waals surface area contributed by atoms with E-state index in [0.29, 0.717) is 18.8 Å². The van der Waals surface area contributed by atoms with Gasteiger partial charge in [-0.25, -0.2) is 4.39 Å². The summed E-state index contributed by atoms with van der Waals surface area (Å²) in [6.07, 6.45) is 1.71. The van der Waals surface area contributed by atoms with E-state index in [1.807, 2.05) is 0 Å². The molecule has 1 aromatic carbocycles. The fraction of sp³-hybridized carbons (Fsp3) is 0.154. The standard InChI is InChI=1S/C13H12BrFN2O/c14-10-5-6-13(18)17(9-10)8-7-16-12-4-2-1-3-11(12)15/h1-6,9,16H,7-8H2. The lowest BCUT2D eigenvalue weighted by Crippen LogP contribution is -2.22. The number of rotatable bonds is 4. The fourth-order valence-electron chi connectivity index (χ4n) is 1.59. The molecule has 2 aromatic rings. The third-order valence-corrected chi connectivity index (χ3v) is 2.96. The zero-order chi connectivity index (χ0) is 13.0. The molecule has 0 atom stereocenters. The van der Waals surface area contributed by atoms with Crippen LogP contribution in [0.5, 0.6) is 0 Å². The Morgan fingerprint density at radius 3 is 2.78 bits per heavy atom. The molecule has 0 fully saturated rings. The van der Waals surface area contributed by atoms with Crippen molar-refractivity contribution in [1.29, 1.82) is 0 Å². The van der Waals surface area contributed by atoms with E-state index < -0.39 is 0 Å². The maximum Gasteiger partial charge on any atom is 0.250 e. The summed E-state index contributed by atoms with van der Waals surface area (Å²) in [6, 6.07) is 9.65. The van der Waals surface area contributed by atoms with Gasteiger partial charge in [-0.1, -0.05) is 12.1 Å². The summed E-state index contributed by atoms with van der Waals surface area (Å²) in [5, 5.41) is 2.96. The predicted octanol–water partition coefficient (Wildman–Crippen LogP) is 2.86. The maximum absolute atomic E-state index is 13.3. The number of hydrogen-bond donors (Lipinski definition) is 1. The van der Waals surface area contributed by atoms with Gasteiger partial charge in [-0.2, -0.15) is 0 Å². The number of pyridine rings is 1. The monoisotopic (exact) mass is 310 g/mol. The van der Waals surface area contributed by atoms with Crippen LogP contribution in [0.2, 0.25) is 0 Å². The van der Waals surface area contributed by atoms with Gasteiger partial charge in [-0.05, 0) is 34.1 Å². The van der Waals surface area contributed by atoms with Gasteiger partial charge in [-0.15, -0.1) is 0 Å². The lowest BCUT2D eigenvalue weighted by molar-refractivity contribution is 0.626. The Bertz CT molecular complexity index is 598. The van der Waals surface area contributed by atoms with Crippen LogP contribution in [0.1, 0.15) is 0 Å². The van der Waals surface area contributed by atoms with Gasteiger partial charge < -0.3 is 9.88 Å². The van der Waals surface area contributed by atoms with Crippen LogP contribution in [0.25, 0.3) is 0 Å². The fourth-order valence-corrected chi connectivity index (χ4v) is 1.97. The van der Waals surface area contributed by atoms with E-state index in [1.165, 1.54) is 12.1 Å². The molecule has 1 N–H and O–H groups in total.